The van der Waals surface area contributed by atoms with Crippen molar-refractivity contribution >= 4 is 11.9 Å². The van der Waals surface area contributed by atoms with Gasteiger partial charge in [-0.2, -0.15) is 15.0 Å². The fraction of sp³-hybridized carbons (Fsp3) is 0.500. The molecule has 0 aliphatic heterocycles. The van der Waals surface area contributed by atoms with Gasteiger partial charge in [0.15, 0.2) is 0 Å². The largest absolute Gasteiger partial charge is 0.378 e. The van der Waals surface area contributed by atoms with Gasteiger partial charge in [0.1, 0.15) is 6.33 Å². The number of nitrogens with zero attached hydrogens (tertiary/aromatic N) is 5. The zero-order valence-electron chi connectivity index (χ0n) is 11.2. The molecule has 8 nitrogen and oxygen atoms in total. The van der Waals surface area contributed by atoms with Crippen molar-refractivity contribution in [1.82, 2.24) is 24.5 Å². The van der Waals surface area contributed by atoms with Crippen molar-refractivity contribution in [2.24, 2.45) is 0 Å². The van der Waals surface area contributed by atoms with Gasteiger partial charge in [-0.15, -0.1) is 0 Å². The molecule has 2 aromatic rings. The number of rotatable bonds is 5. The van der Waals surface area contributed by atoms with Crippen LogP contribution in [0.2, 0.25) is 0 Å². The lowest BCUT2D eigenvalue weighted by atomic mass is 9.89. The average molecular weight is 275 g/mol. The van der Waals surface area contributed by atoms with Gasteiger partial charge in [0.25, 0.3) is 0 Å². The van der Waals surface area contributed by atoms with Gasteiger partial charge in [-0.05, 0) is 19.8 Å². The fourth-order valence-electron chi connectivity index (χ4n) is 2.18. The predicted octanol–water partition coefficient (Wildman–Crippen LogP) is 0.619. The molecule has 0 spiro atoms. The number of aromatic nitrogens is 5. The van der Waals surface area contributed by atoms with E-state index in [9.17, 15) is 0 Å². The van der Waals surface area contributed by atoms with E-state index < -0.39 is 0 Å². The van der Waals surface area contributed by atoms with E-state index in [1.807, 2.05) is 6.92 Å². The summed E-state index contributed by atoms with van der Waals surface area (Å²) in [5, 5.41) is 3.25. The minimum atomic E-state index is 0.187. The van der Waals surface area contributed by atoms with Gasteiger partial charge in [0, 0.05) is 25.0 Å². The lowest BCUT2D eigenvalue weighted by Gasteiger charge is -2.35. The van der Waals surface area contributed by atoms with Gasteiger partial charge in [0.05, 0.1) is 6.10 Å². The maximum atomic E-state index is 5.72. The fourth-order valence-corrected chi connectivity index (χ4v) is 2.18. The van der Waals surface area contributed by atoms with Gasteiger partial charge < -0.3 is 15.8 Å². The van der Waals surface area contributed by atoms with Gasteiger partial charge in [0.2, 0.25) is 17.8 Å². The molecule has 106 valence electrons. The summed E-state index contributed by atoms with van der Waals surface area (Å²) in [5.74, 6) is 1.13. The second-order valence-electron chi connectivity index (χ2n) is 4.68. The number of ether oxygens (including phenoxy) is 1. The highest BCUT2D eigenvalue weighted by Gasteiger charge is 2.30. The molecule has 20 heavy (non-hydrogen) atoms. The summed E-state index contributed by atoms with van der Waals surface area (Å²) in [5.41, 5.74) is 5.72. The average Bonchev–Trinajstić information content (AvgIpc) is 2.89. The van der Waals surface area contributed by atoms with Gasteiger partial charge in [-0.3, -0.25) is 4.57 Å². The number of nitrogens with two attached hydrogens (primary N) is 1. The molecule has 0 radical (unpaired) electrons. The Morgan fingerprint density at radius 3 is 2.95 bits per heavy atom. The number of hydrogen-bond donors (Lipinski definition) is 2. The number of hydrogen-bond acceptors (Lipinski definition) is 7. The van der Waals surface area contributed by atoms with E-state index in [1.165, 1.54) is 0 Å². The summed E-state index contributed by atoms with van der Waals surface area (Å²) in [7, 11) is 0. The summed E-state index contributed by atoms with van der Waals surface area (Å²) in [6.45, 7) is 2.76. The predicted molar refractivity (Wildman–Crippen MR) is 73.4 cm³/mol. The third kappa shape index (κ3) is 2.69. The number of imidazole rings is 1. The SMILES string of the molecule is CCOC1CC(Nc2nc(N)nc(-n3ccnc3)n2)C1. The molecule has 1 aliphatic rings. The molecule has 0 unspecified atom stereocenters. The van der Waals surface area contributed by atoms with E-state index in [-0.39, 0.29) is 5.95 Å². The lowest BCUT2D eigenvalue weighted by Crippen LogP contribution is -2.41. The van der Waals surface area contributed by atoms with Crippen molar-refractivity contribution in [2.75, 3.05) is 17.7 Å². The van der Waals surface area contributed by atoms with Crippen LogP contribution < -0.4 is 11.1 Å². The second-order valence-corrected chi connectivity index (χ2v) is 4.68. The molecular formula is C12H17N7O. The molecule has 0 aromatic carbocycles. The summed E-state index contributed by atoms with van der Waals surface area (Å²) < 4.78 is 7.21. The summed E-state index contributed by atoms with van der Waals surface area (Å²) in [6.07, 6.45) is 7.29. The molecule has 1 fully saturated rings. The van der Waals surface area contributed by atoms with Crippen molar-refractivity contribution in [3.63, 3.8) is 0 Å². The Hall–Kier alpha value is -2.22. The number of nitrogen functional groups attached to an aromatic ring is 1. The van der Waals surface area contributed by atoms with Crippen LogP contribution in [0.3, 0.4) is 0 Å². The molecule has 2 aromatic heterocycles. The Balaban J connectivity index is 1.68. The van der Waals surface area contributed by atoms with Crippen molar-refractivity contribution in [3.8, 4) is 5.95 Å². The molecule has 1 aliphatic carbocycles. The Morgan fingerprint density at radius 2 is 2.25 bits per heavy atom. The van der Waals surface area contributed by atoms with Crippen LogP contribution in [0.4, 0.5) is 11.9 Å². The van der Waals surface area contributed by atoms with Gasteiger partial charge >= 0.3 is 0 Å². The van der Waals surface area contributed by atoms with E-state index in [0.29, 0.717) is 24.0 Å². The molecule has 1 saturated carbocycles. The Bertz CT molecular complexity index is 565. The molecule has 0 amide bonds. The molecular weight excluding hydrogens is 258 g/mol. The highest BCUT2D eigenvalue weighted by Crippen LogP contribution is 2.25. The molecule has 2 heterocycles. The molecule has 3 N–H and O–H groups in total. The van der Waals surface area contributed by atoms with Crippen LogP contribution in [0.5, 0.6) is 0 Å². The third-order valence-corrected chi connectivity index (χ3v) is 3.21. The van der Waals surface area contributed by atoms with Gasteiger partial charge in [-0.25, -0.2) is 4.98 Å². The van der Waals surface area contributed by atoms with E-state index in [1.54, 1.807) is 23.3 Å². The first kappa shape index (κ1) is 12.8. The topological polar surface area (TPSA) is 104 Å². The standard InChI is InChI=1S/C12H17N7O/c1-2-20-9-5-8(6-9)15-11-16-10(13)17-12(18-11)19-4-3-14-7-19/h3-4,7-9H,2,5-6H2,1H3,(H3,13,15,16,17,18). The van der Waals surface area contributed by atoms with Crippen LogP contribution in [0.25, 0.3) is 5.95 Å². The highest BCUT2D eigenvalue weighted by molar-refractivity contribution is 5.36. The number of nitrogens with one attached hydrogen (secondary N) is 1. The van der Waals surface area contributed by atoms with Gasteiger partial charge in [-0.1, -0.05) is 0 Å². The van der Waals surface area contributed by atoms with Crippen molar-refractivity contribution in [1.29, 1.82) is 0 Å². The van der Waals surface area contributed by atoms with Crippen LogP contribution in [-0.4, -0.2) is 43.3 Å². The number of anilines is 2. The summed E-state index contributed by atoms with van der Waals surface area (Å²) >= 11 is 0. The molecule has 8 heteroatoms. The smallest absolute Gasteiger partial charge is 0.241 e. The lowest BCUT2D eigenvalue weighted by molar-refractivity contribution is 0.00285. The maximum absolute atomic E-state index is 5.72. The first-order chi connectivity index (χ1) is 9.74. The Kier molecular flexibility index (Phi) is 3.46. The zero-order valence-corrected chi connectivity index (χ0v) is 11.2. The third-order valence-electron chi connectivity index (χ3n) is 3.21. The highest BCUT2D eigenvalue weighted by atomic mass is 16.5. The second kappa shape index (κ2) is 5.41. The normalized spacial score (nSPS) is 21.4. The quantitative estimate of drug-likeness (QED) is 0.824. The van der Waals surface area contributed by atoms with Crippen LogP contribution in [0.1, 0.15) is 19.8 Å². The van der Waals surface area contributed by atoms with Crippen molar-refractivity contribution in [3.05, 3.63) is 18.7 Å². The first-order valence-corrected chi connectivity index (χ1v) is 6.62. The summed E-state index contributed by atoms with van der Waals surface area (Å²) in [6, 6.07) is 0.323. The minimum Gasteiger partial charge on any atom is -0.378 e. The van der Waals surface area contributed by atoms with Crippen molar-refractivity contribution < 1.29 is 4.74 Å². The molecule has 0 bridgehead atoms. The zero-order chi connectivity index (χ0) is 13.9. The van der Waals surface area contributed by atoms with Crippen molar-refractivity contribution in [2.45, 2.75) is 31.9 Å². The molecule has 3 rings (SSSR count). The first-order valence-electron chi connectivity index (χ1n) is 6.62. The molecule has 0 saturated heterocycles. The van der Waals surface area contributed by atoms with Crippen LogP contribution in [0.15, 0.2) is 18.7 Å². The van der Waals surface area contributed by atoms with Crippen LogP contribution in [0, 0.1) is 0 Å². The summed E-state index contributed by atoms with van der Waals surface area (Å²) in [4.78, 5) is 16.5. The van der Waals surface area contributed by atoms with E-state index in [4.69, 9.17) is 10.5 Å². The van der Waals surface area contributed by atoms with E-state index in [0.717, 1.165) is 19.4 Å². The maximum Gasteiger partial charge on any atom is 0.241 e. The molecule has 0 atom stereocenters. The van der Waals surface area contributed by atoms with E-state index in [2.05, 4.69) is 25.3 Å². The Labute approximate surface area is 116 Å². The van der Waals surface area contributed by atoms with Crippen LogP contribution >= 0.6 is 0 Å². The Morgan fingerprint density at radius 1 is 1.40 bits per heavy atom. The van der Waals surface area contributed by atoms with E-state index >= 15 is 0 Å². The minimum absolute atomic E-state index is 0.187. The van der Waals surface area contributed by atoms with Crippen LogP contribution in [-0.2, 0) is 4.74 Å². The monoisotopic (exact) mass is 275 g/mol.